The maximum absolute atomic E-state index is 5.34. The Morgan fingerprint density at radius 2 is 2.05 bits per heavy atom. The summed E-state index contributed by atoms with van der Waals surface area (Å²) in [5.74, 6) is 0.942. The van der Waals surface area contributed by atoms with Crippen molar-refractivity contribution in [2.24, 2.45) is 0 Å². The Bertz CT molecular complexity index is 716. The minimum Gasteiger partial charge on any atom is -0.496 e. The second kappa shape index (κ2) is 6.60. The fourth-order valence-electron chi connectivity index (χ4n) is 2.47. The first-order valence-electron chi connectivity index (χ1n) is 7.15. The average molecular weight is 317 g/mol. The van der Waals surface area contributed by atoms with E-state index < -0.39 is 0 Å². The Hall–Kier alpha value is -1.36. The van der Waals surface area contributed by atoms with Crippen LogP contribution in [0.1, 0.15) is 29.8 Å². The minimum atomic E-state index is 0.245. The molecule has 21 heavy (non-hydrogen) atoms. The Morgan fingerprint density at radius 1 is 1.19 bits per heavy atom. The second-order valence-corrected chi connectivity index (χ2v) is 6.82. The third-order valence-electron chi connectivity index (χ3n) is 3.54. The van der Waals surface area contributed by atoms with Crippen molar-refractivity contribution in [3.8, 4) is 5.75 Å². The lowest BCUT2D eigenvalue weighted by molar-refractivity contribution is 0.416. The Morgan fingerprint density at radius 3 is 2.81 bits per heavy atom. The van der Waals surface area contributed by atoms with Gasteiger partial charge in [-0.3, -0.25) is 0 Å². The number of nitrogens with one attached hydrogen (secondary N) is 1. The van der Waals surface area contributed by atoms with Crippen molar-refractivity contribution >= 4 is 32.8 Å². The van der Waals surface area contributed by atoms with E-state index in [9.17, 15) is 0 Å². The first-order chi connectivity index (χ1) is 10.3. The molecule has 1 atom stereocenters. The summed E-state index contributed by atoms with van der Waals surface area (Å²) in [5, 5.41) is 9.39. The molecule has 0 fully saturated rings. The highest BCUT2D eigenvalue weighted by molar-refractivity contribution is 7.17. The molecule has 0 aliphatic carbocycles. The monoisotopic (exact) mass is 317 g/mol. The van der Waals surface area contributed by atoms with Crippen molar-refractivity contribution in [1.82, 2.24) is 5.32 Å². The summed E-state index contributed by atoms with van der Waals surface area (Å²) in [6, 6.07) is 11.0. The van der Waals surface area contributed by atoms with Crippen LogP contribution in [0.5, 0.6) is 5.75 Å². The number of hydrogen-bond acceptors (Lipinski definition) is 4. The maximum atomic E-state index is 5.34. The molecule has 3 aromatic rings. The summed E-state index contributed by atoms with van der Waals surface area (Å²) in [4.78, 5) is 1.31. The van der Waals surface area contributed by atoms with Crippen molar-refractivity contribution in [3.63, 3.8) is 0 Å². The molecule has 110 valence electrons. The van der Waals surface area contributed by atoms with Crippen molar-refractivity contribution in [1.29, 1.82) is 0 Å². The highest BCUT2D eigenvalue weighted by atomic mass is 32.1. The summed E-state index contributed by atoms with van der Waals surface area (Å²) in [6.07, 6.45) is 1.13. The van der Waals surface area contributed by atoms with Gasteiger partial charge in [0.15, 0.2) is 0 Å². The van der Waals surface area contributed by atoms with Gasteiger partial charge in [-0.25, -0.2) is 0 Å². The van der Waals surface area contributed by atoms with E-state index in [1.54, 1.807) is 18.4 Å². The molecule has 1 N–H and O–H groups in total. The summed E-state index contributed by atoms with van der Waals surface area (Å²) < 4.78 is 6.69. The van der Waals surface area contributed by atoms with E-state index in [0.29, 0.717) is 0 Å². The van der Waals surface area contributed by atoms with Gasteiger partial charge in [0, 0.05) is 15.0 Å². The maximum Gasteiger partial charge on any atom is 0.129 e. The molecule has 0 amide bonds. The number of ether oxygens (including phenoxy) is 1. The zero-order valence-electron chi connectivity index (χ0n) is 12.3. The highest BCUT2D eigenvalue weighted by Gasteiger charge is 2.19. The van der Waals surface area contributed by atoms with Gasteiger partial charge >= 0.3 is 0 Å². The van der Waals surface area contributed by atoms with Crippen LogP contribution in [0.4, 0.5) is 0 Å². The number of thiophene rings is 2. The largest absolute Gasteiger partial charge is 0.496 e. The van der Waals surface area contributed by atoms with Crippen LogP contribution in [0.3, 0.4) is 0 Å². The molecule has 2 heterocycles. The Labute approximate surface area is 133 Å². The van der Waals surface area contributed by atoms with Gasteiger partial charge in [0.2, 0.25) is 0 Å². The van der Waals surface area contributed by atoms with E-state index in [0.717, 1.165) is 18.7 Å². The molecule has 2 aromatic heterocycles. The van der Waals surface area contributed by atoms with Crippen LogP contribution in [-0.4, -0.2) is 13.7 Å². The molecule has 0 aliphatic rings. The lowest BCUT2D eigenvalue weighted by Crippen LogP contribution is -2.22. The van der Waals surface area contributed by atoms with Crippen LogP contribution in [0, 0.1) is 0 Å². The molecular weight excluding hydrogens is 298 g/mol. The molecule has 0 radical (unpaired) electrons. The number of rotatable bonds is 6. The zero-order valence-corrected chi connectivity index (χ0v) is 13.9. The van der Waals surface area contributed by atoms with Crippen LogP contribution in [0.2, 0.25) is 0 Å². The first-order valence-corrected chi connectivity index (χ1v) is 8.91. The average Bonchev–Trinajstić information content (AvgIpc) is 3.15. The van der Waals surface area contributed by atoms with E-state index in [-0.39, 0.29) is 6.04 Å². The van der Waals surface area contributed by atoms with E-state index >= 15 is 0 Å². The van der Waals surface area contributed by atoms with Crippen LogP contribution in [-0.2, 0) is 0 Å². The third kappa shape index (κ3) is 2.98. The van der Waals surface area contributed by atoms with Crippen LogP contribution in [0.25, 0.3) is 10.1 Å². The van der Waals surface area contributed by atoms with Gasteiger partial charge in [-0.1, -0.05) is 25.1 Å². The van der Waals surface area contributed by atoms with Crippen LogP contribution in [0.15, 0.2) is 41.1 Å². The van der Waals surface area contributed by atoms with E-state index in [1.807, 2.05) is 11.3 Å². The predicted octanol–water partition coefficient (Wildman–Crippen LogP) is 5.06. The van der Waals surface area contributed by atoms with Crippen LogP contribution >= 0.6 is 22.7 Å². The van der Waals surface area contributed by atoms with Gasteiger partial charge in [0.05, 0.1) is 13.2 Å². The SMILES string of the molecule is CCCNC(c1cc(OC)cs1)c1csc2ccccc12. The molecule has 0 spiro atoms. The smallest absolute Gasteiger partial charge is 0.129 e. The summed E-state index contributed by atoms with van der Waals surface area (Å²) in [6.45, 7) is 3.21. The highest BCUT2D eigenvalue weighted by Crippen LogP contribution is 2.37. The summed E-state index contributed by atoms with van der Waals surface area (Å²) in [5.41, 5.74) is 1.37. The van der Waals surface area contributed by atoms with E-state index in [2.05, 4.69) is 53.3 Å². The first kappa shape index (κ1) is 14.6. The standard InChI is InChI=1S/C17H19NOS2/c1-3-8-18-17(16-9-12(19-2)10-20-16)14-11-21-15-7-5-4-6-13(14)15/h4-7,9-11,17-18H,3,8H2,1-2H3. The molecule has 4 heteroatoms. The van der Waals surface area contributed by atoms with E-state index in [4.69, 9.17) is 4.74 Å². The van der Waals surface area contributed by atoms with E-state index in [1.165, 1.54) is 20.5 Å². The van der Waals surface area contributed by atoms with Gasteiger partial charge in [0.1, 0.15) is 5.75 Å². The fourth-order valence-corrected chi connectivity index (χ4v) is 4.40. The van der Waals surface area contributed by atoms with Crippen molar-refractivity contribution < 1.29 is 4.74 Å². The Balaban J connectivity index is 2.02. The molecule has 1 unspecified atom stereocenters. The van der Waals surface area contributed by atoms with Crippen molar-refractivity contribution in [3.05, 3.63) is 51.5 Å². The lowest BCUT2D eigenvalue weighted by Gasteiger charge is -2.17. The molecule has 1 aromatic carbocycles. The number of fused-ring (bicyclic) bond motifs is 1. The quantitative estimate of drug-likeness (QED) is 0.686. The topological polar surface area (TPSA) is 21.3 Å². The second-order valence-electron chi connectivity index (χ2n) is 4.96. The van der Waals surface area contributed by atoms with Gasteiger partial charge < -0.3 is 10.1 Å². The molecule has 3 rings (SSSR count). The number of methoxy groups -OCH3 is 1. The number of benzene rings is 1. The van der Waals surface area contributed by atoms with Gasteiger partial charge in [0.25, 0.3) is 0 Å². The molecule has 0 saturated carbocycles. The van der Waals surface area contributed by atoms with Gasteiger partial charge in [-0.15, -0.1) is 22.7 Å². The molecule has 0 aliphatic heterocycles. The normalized spacial score (nSPS) is 12.7. The van der Waals surface area contributed by atoms with Crippen molar-refractivity contribution in [2.75, 3.05) is 13.7 Å². The fraction of sp³-hybridized carbons (Fsp3) is 0.294. The third-order valence-corrected chi connectivity index (χ3v) is 5.49. The van der Waals surface area contributed by atoms with Gasteiger partial charge in [-0.05, 0) is 41.4 Å². The molecule has 0 bridgehead atoms. The van der Waals surface area contributed by atoms with Gasteiger partial charge in [-0.2, -0.15) is 0 Å². The summed E-state index contributed by atoms with van der Waals surface area (Å²) in [7, 11) is 1.72. The lowest BCUT2D eigenvalue weighted by atomic mass is 10.0. The van der Waals surface area contributed by atoms with Crippen LogP contribution < -0.4 is 10.1 Å². The minimum absolute atomic E-state index is 0.245. The molecular formula is C17H19NOS2. The summed E-state index contributed by atoms with van der Waals surface area (Å²) >= 11 is 3.57. The Kier molecular flexibility index (Phi) is 4.58. The molecule has 0 saturated heterocycles. The zero-order chi connectivity index (χ0) is 14.7. The number of hydrogen-bond donors (Lipinski definition) is 1. The molecule has 2 nitrogen and oxygen atoms in total. The van der Waals surface area contributed by atoms with Crippen molar-refractivity contribution in [2.45, 2.75) is 19.4 Å². The predicted molar refractivity (Wildman–Crippen MR) is 92.8 cm³/mol.